The molecule has 0 aromatic heterocycles. The summed E-state index contributed by atoms with van der Waals surface area (Å²) in [6, 6.07) is 8.05. The van der Waals surface area contributed by atoms with Gasteiger partial charge < -0.3 is 15.2 Å². The third-order valence-electron chi connectivity index (χ3n) is 10.9. The molecule has 4 aliphatic rings. The van der Waals surface area contributed by atoms with Gasteiger partial charge in [0.2, 0.25) is 5.90 Å². The normalized spacial score (nSPS) is 32.8. The minimum absolute atomic E-state index is 0.0000733. The van der Waals surface area contributed by atoms with Gasteiger partial charge in [-0.25, -0.2) is 4.99 Å². The fourth-order valence-electron chi connectivity index (χ4n) is 8.80. The molecule has 6 heteroatoms. The first-order valence-corrected chi connectivity index (χ1v) is 15.0. The van der Waals surface area contributed by atoms with Crippen LogP contribution in [0.1, 0.15) is 76.8 Å². The molecular formula is C32H50N4O2. The SMILES string of the molecule is CCCC(C1CCC2(C)C3Cc4ccc(OC)cc4C12CCN3CC1CC1)N(C)C(C)/N=C(\C=C/N)OC. The summed E-state index contributed by atoms with van der Waals surface area (Å²) < 4.78 is 11.3. The van der Waals surface area contributed by atoms with Gasteiger partial charge in [-0.3, -0.25) is 9.80 Å². The van der Waals surface area contributed by atoms with Crippen LogP contribution in [-0.2, 0) is 16.6 Å². The largest absolute Gasteiger partial charge is 0.497 e. The minimum Gasteiger partial charge on any atom is -0.497 e. The molecule has 6 atom stereocenters. The van der Waals surface area contributed by atoms with E-state index in [1.807, 2.05) is 7.11 Å². The van der Waals surface area contributed by atoms with Crippen LogP contribution < -0.4 is 10.5 Å². The summed E-state index contributed by atoms with van der Waals surface area (Å²) >= 11 is 0. The van der Waals surface area contributed by atoms with Crippen molar-refractivity contribution < 1.29 is 9.47 Å². The van der Waals surface area contributed by atoms with Crippen LogP contribution in [0.4, 0.5) is 0 Å². The third kappa shape index (κ3) is 4.46. The number of likely N-dealkylation sites (tertiary alicyclic amines) is 1. The van der Waals surface area contributed by atoms with E-state index >= 15 is 0 Å². The van der Waals surface area contributed by atoms with Crippen LogP contribution in [0, 0.1) is 17.3 Å². The maximum atomic E-state index is 5.82. The second-order valence-electron chi connectivity index (χ2n) is 12.6. The van der Waals surface area contributed by atoms with Crippen LogP contribution in [0.5, 0.6) is 5.75 Å². The molecule has 2 bridgehead atoms. The Bertz CT molecular complexity index is 1050. The number of fused-ring (bicyclic) bond motifs is 1. The smallest absolute Gasteiger partial charge is 0.211 e. The summed E-state index contributed by atoms with van der Waals surface area (Å²) in [7, 11) is 5.75. The van der Waals surface area contributed by atoms with Crippen LogP contribution in [0.25, 0.3) is 0 Å². The monoisotopic (exact) mass is 522 g/mol. The minimum atomic E-state index is 0.0000733. The predicted molar refractivity (Wildman–Crippen MR) is 156 cm³/mol. The highest BCUT2D eigenvalue weighted by atomic mass is 16.5. The van der Waals surface area contributed by atoms with Crippen molar-refractivity contribution in [3.05, 3.63) is 41.6 Å². The van der Waals surface area contributed by atoms with Gasteiger partial charge in [-0.2, -0.15) is 0 Å². The average molecular weight is 523 g/mol. The molecule has 1 saturated heterocycles. The lowest BCUT2D eigenvalue weighted by Gasteiger charge is -2.63. The van der Waals surface area contributed by atoms with Gasteiger partial charge in [-0.05, 0) is 112 Å². The predicted octanol–water partition coefficient (Wildman–Crippen LogP) is 5.35. The second kappa shape index (κ2) is 10.8. The highest BCUT2D eigenvalue weighted by Gasteiger charge is 2.68. The zero-order valence-electron chi connectivity index (χ0n) is 24.6. The number of piperidine rings is 1. The first-order valence-electron chi connectivity index (χ1n) is 15.0. The van der Waals surface area contributed by atoms with Crippen molar-refractivity contribution in [3.63, 3.8) is 0 Å². The Morgan fingerprint density at radius 2 is 2.05 bits per heavy atom. The molecule has 1 heterocycles. The summed E-state index contributed by atoms with van der Waals surface area (Å²) in [5.74, 6) is 3.08. The molecule has 0 radical (unpaired) electrons. The Labute approximate surface area is 230 Å². The van der Waals surface area contributed by atoms with Crippen molar-refractivity contribution in [2.45, 2.75) is 95.8 Å². The standard InChI is InChI=1S/C32H50N4O2/c1-7-8-28(35(4)22(2)34-30(38-6)14-17-33)26-13-15-31(3)29-19-24-11-12-25(37-5)20-27(24)32(26,31)16-18-36(29)21-23-9-10-23/h11-12,14,17,20,22-23,26,28-29H,7-10,13,15-16,18-19,21,33H2,1-6H3/b17-14-,34-30+. The van der Waals surface area contributed by atoms with Gasteiger partial charge in [-0.15, -0.1) is 0 Å². The van der Waals surface area contributed by atoms with Gasteiger partial charge in [0.1, 0.15) is 11.9 Å². The second-order valence-corrected chi connectivity index (χ2v) is 12.6. The van der Waals surface area contributed by atoms with E-state index in [0.717, 1.165) is 18.1 Å². The number of methoxy groups -OCH3 is 2. The highest BCUT2D eigenvalue weighted by molar-refractivity contribution is 5.87. The topological polar surface area (TPSA) is 63.3 Å². The molecule has 6 unspecified atom stereocenters. The van der Waals surface area contributed by atoms with E-state index in [1.54, 1.807) is 24.3 Å². The zero-order chi connectivity index (χ0) is 27.1. The number of benzene rings is 1. The number of aliphatic imine (C=N–C) groups is 1. The molecular weight excluding hydrogens is 472 g/mol. The lowest BCUT2D eigenvalue weighted by atomic mass is 9.48. The molecule has 1 aromatic rings. The Balaban J connectivity index is 1.58. The van der Waals surface area contributed by atoms with E-state index in [4.69, 9.17) is 20.2 Å². The van der Waals surface area contributed by atoms with Gasteiger partial charge in [0, 0.05) is 30.1 Å². The van der Waals surface area contributed by atoms with Crippen LogP contribution in [-0.4, -0.2) is 68.3 Å². The quantitative estimate of drug-likeness (QED) is 0.331. The van der Waals surface area contributed by atoms with E-state index < -0.39 is 0 Å². The first kappa shape index (κ1) is 27.5. The molecule has 1 aromatic carbocycles. The lowest BCUT2D eigenvalue weighted by molar-refractivity contribution is -0.0681. The molecule has 0 spiro atoms. The number of hydrogen-bond donors (Lipinski definition) is 1. The molecule has 3 aliphatic carbocycles. The van der Waals surface area contributed by atoms with Crippen molar-refractivity contribution in [1.82, 2.24) is 9.80 Å². The fourth-order valence-corrected chi connectivity index (χ4v) is 8.80. The number of rotatable bonds is 10. The highest BCUT2D eigenvalue weighted by Crippen LogP contribution is 2.68. The maximum Gasteiger partial charge on any atom is 0.211 e. The summed E-state index contributed by atoms with van der Waals surface area (Å²) in [4.78, 5) is 10.3. The Morgan fingerprint density at radius 3 is 2.71 bits per heavy atom. The van der Waals surface area contributed by atoms with E-state index in [2.05, 4.69) is 55.8 Å². The van der Waals surface area contributed by atoms with E-state index in [9.17, 15) is 0 Å². The van der Waals surface area contributed by atoms with Crippen LogP contribution >= 0.6 is 0 Å². The van der Waals surface area contributed by atoms with Crippen LogP contribution in [0.2, 0.25) is 0 Å². The van der Waals surface area contributed by atoms with Gasteiger partial charge >= 0.3 is 0 Å². The maximum absolute atomic E-state index is 5.82. The first-order chi connectivity index (χ1) is 18.3. The summed E-state index contributed by atoms with van der Waals surface area (Å²) in [6.07, 6.45) is 13.4. The van der Waals surface area contributed by atoms with Crippen LogP contribution in [0.15, 0.2) is 35.5 Å². The Morgan fingerprint density at radius 1 is 1.26 bits per heavy atom. The number of nitrogens with zero attached hydrogens (tertiary/aromatic N) is 3. The van der Waals surface area contributed by atoms with Crippen LogP contribution in [0.3, 0.4) is 0 Å². The fraction of sp³-hybridized carbons (Fsp3) is 0.719. The van der Waals surface area contributed by atoms with E-state index in [1.165, 1.54) is 64.2 Å². The molecule has 6 nitrogen and oxygen atoms in total. The van der Waals surface area contributed by atoms with E-state index in [-0.39, 0.29) is 17.0 Å². The average Bonchev–Trinajstić information content (AvgIpc) is 3.67. The molecule has 5 rings (SSSR count). The van der Waals surface area contributed by atoms with Crippen molar-refractivity contribution >= 4 is 5.90 Å². The molecule has 0 amide bonds. The summed E-state index contributed by atoms with van der Waals surface area (Å²) in [5, 5.41) is 0. The lowest BCUT2D eigenvalue weighted by Crippen LogP contribution is -2.67. The number of ether oxygens (including phenoxy) is 2. The van der Waals surface area contributed by atoms with Crippen molar-refractivity contribution in [2.75, 3.05) is 34.4 Å². The van der Waals surface area contributed by atoms with Gasteiger partial charge in [0.15, 0.2) is 0 Å². The Hall–Kier alpha value is -2.05. The number of hydrogen-bond acceptors (Lipinski definition) is 6. The van der Waals surface area contributed by atoms with Gasteiger partial charge in [0.25, 0.3) is 0 Å². The summed E-state index contributed by atoms with van der Waals surface area (Å²) in [6.45, 7) is 9.69. The molecule has 3 fully saturated rings. The molecule has 2 saturated carbocycles. The van der Waals surface area contributed by atoms with Gasteiger partial charge in [0.05, 0.1) is 14.2 Å². The van der Waals surface area contributed by atoms with E-state index in [0.29, 0.717) is 23.9 Å². The van der Waals surface area contributed by atoms with Gasteiger partial charge in [-0.1, -0.05) is 26.3 Å². The summed E-state index contributed by atoms with van der Waals surface area (Å²) in [5.41, 5.74) is 9.21. The van der Waals surface area contributed by atoms with Crippen molar-refractivity contribution in [1.29, 1.82) is 0 Å². The van der Waals surface area contributed by atoms with Crippen molar-refractivity contribution in [2.24, 2.45) is 28.0 Å². The molecule has 38 heavy (non-hydrogen) atoms. The molecule has 1 aliphatic heterocycles. The molecule has 210 valence electrons. The Kier molecular flexibility index (Phi) is 7.85. The zero-order valence-corrected chi connectivity index (χ0v) is 24.6. The van der Waals surface area contributed by atoms with Crippen molar-refractivity contribution in [3.8, 4) is 5.75 Å². The molecule has 2 N–H and O–H groups in total. The third-order valence-corrected chi connectivity index (χ3v) is 10.9. The number of nitrogens with two attached hydrogens (primary N) is 1.